The van der Waals surface area contributed by atoms with Gasteiger partial charge < -0.3 is 9.73 Å². The minimum Gasteiger partial charge on any atom is -0.436 e. The van der Waals surface area contributed by atoms with Crippen molar-refractivity contribution < 1.29 is 13.6 Å². The number of aromatic nitrogens is 1. The highest BCUT2D eigenvalue weighted by molar-refractivity contribution is 6.31. The molecule has 0 radical (unpaired) electrons. The van der Waals surface area contributed by atoms with Crippen molar-refractivity contribution in [1.82, 2.24) is 4.98 Å². The van der Waals surface area contributed by atoms with Crippen LogP contribution in [0.4, 0.5) is 10.1 Å². The van der Waals surface area contributed by atoms with E-state index in [9.17, 15) is 9.18 Å². The predicted molar refractivity (Wildman–Crippen MR) is 104 cm³/mol. The molecule has 0 saturated heterocycles. The van der Waals surface area contributed by atoms with Gasteiger partial charge in [-0.3, -0.25) is 4.79 Å². The number of rotatable bonds is 3. The average Bonchev–Trinajstić information content (AvgIpc) is 3.06. The summed E-state index contributed by atoms with van der Waals surface area (Å²) in [6.07, 6.45) is 0. The van der Waals surface area contributed by atoms with Gasteiger partial charge in [0.05, 0.1) is 0 Å². The highest BCUT2D eigenvalue weighted by Gasteiger charge is 2.15. The Morgan fingerprint density at radius 1 is 1.11 bits per heavy atom. The molecule has 4 nitrogen and oxygen atoms in total. The van der Waals surface area contributed by atoms with Crippen molar-refractivity contribution in [2.75, 3.05) is 5.32 Å². The summed E-state index contributed by atoms with van der Waals surface area (Å²) in [5, 5.41) is 3.43. The number of oxazole rings is 1. The molecule has 0 saturated carbocycles. The summed E-state index contributed by atoms with van der Waals surface area (Å²) in [6, 6.07) is 16.1. The average molecular weight is 381 g/mol. The van der Waals surface area contributed by atoms with Crippen molar-refractivity contribution in [2.45, 2.75) is 6.92 Å². The van der Waals surface area contributed by atoms with Crippen LogP contribution in [0.3, 0.4) is 0 Å². The molecule has 0 atom stereocenters. The third kappa shape index (κ3) is 3.41. The Hall–Kier alpha value is -3.18. The number of halogens is 2. The molecule has 0 unspecified atom stereocenters. The van der Waals surface area contributed by atoms with E-state index in [1.54, 1.807) is 24.3 Å². The number of amides is 1. The SMILES string of the molecule is Cc1c(NC(=O)c2ccc(F)cc2)cccc1-c1nc2cc(Cl)ccc2o1. The highest BCUT2D eigenvalue weighted by Crippen LogP contribution is 2.31. The maximum atomic E-state index is 13.0. The Kier molecular flexibility index (Phi) is 4.38. The van der Waals surface area contributed by atoms with E-state index in [4.69, 9.17) is 16.0 Å². The third-order valence-corrected chi connectivity index (χ3v) is 4.50. The minimum atomic E-state index is -0.388. The second-order valence-electron chi connectivity index (χ2n) is 6.07. The van der Waals surface area contributed by atoms with Gasteiger partial charge in [0.25, 0.3) is 5.91 Å². The number of hydrogen-bond acceptors (Lipinski definition) is 3. The van der Waals surface area contributed by atoms with Gasteiger partial charge in [-0.2, -0.15) is 0 Å². The fraction of sp³-hybridized carbons (Fsp3) is 0.0476. The van der Waals surface area contributed by atoms with E-state index in [-0.39, 0.29) is 11.7 Å². The van der Waals surface area contributed by atoms with Crippen LogP contribution in [0.25, 0.3) is 22.6 Å². The minimum absolute atomic E-state index is 0.320. The molecule has 0 spiro atoms. The first-order valence-electron chi connectivity index (χ1n) is 8.24. The zero-order valence-electron chi connectivity index (χ0n) is 14.3. The number of carbonyl (C=O) groups is 1. The molecule has 6 heteroatoms. The molecule has 27 heavy (non-hydrogen) atoms. The van der Waals surface area contributed by atoms with Crippen LogP contribution in [-0.4, -0.2) is 10.9 Å². The second kappa shape index (κ2) is 6.85. The molecule has 3 aromatic carbocycles. The Labute approximate surface area is 159 Å². The molecule has 4 aromatic rings. The fourth-order valence-electron chi connectivity index (χ4n) is 2.81. The van der Waals surface area contributed by atoms with E-state index in [0.717, 1.165) is 11.1 Å². The van der Waals surface area contributed by atoms with Gasteiger partial charge in [-0.15, -0.1) is 0 Å². The van der Waals surface area contributed by atoms with Crippen molar-refractivity contribution in [3.05, 3.63) is 82.6 Å². The highest BCUT2D eigenvalue weighted by atomic mass is 35.5. The number of carbonyl (C=O) groups excluding carboxylic acids is 1. The van der Waals surface area contributed by atoms with Gasteiger partial charge >= 0.3 is 0 Å². The van der Waals surface area contributed by atoms with Crippen molar-refractivity contribution in [1.29, 1.82) is 0 Å². The third-order valence-electron chi connectivity index (χ3n) is 4.27. The molecule has 134 valence electrons. The van der Waals surface area contributed by atoms with Gasteiger partial charge in [-0.25, -0.2) is 9.37 Å². The Bertz CT molecular complexity index is 1150. The van der Waals surface area contributed by atoms with Gasteiger partial charge in [-0.1, -0.05) is 17.7 Å². The lowest BCUT2D eigenvalue weighted by Gasteiger charge is -2.11. The van der Waals surface area contributed by atoms with E-state index >= 15 is 0 Å². The van der Waals surface area contributed by atoms with Gasteiger partial charge in [0.2, 0.25) is 5.89 Å². The lowest BCUT2D eigenvalue weighted by molar-refractivity contribution is 0.102. The van der Waals surface area contributed by atoms with Crippen LogP contribution < -0.4 is 5.32 Å². The summed E-state index contributed by atoms with van der Waals surface area (Å²) in [7, 11) is 0. The van der Waals surface area contributed by atoms with Crippen LogP contribution in [0, 0.1) is 12.7 Å². The van der Waals surface area contributed by atoms with Crippen molar-refractivity contribution in [2.24, 2.45) is 0 Å². The Balaban J connectivity index is 1.67. The zero-order chi connectivity index (χ0) is 19.0. The monoisotopic (exact) mass is 380 g/mol. The van der Waals surface area contributed by atoms with E-state index in [2.05, 4.69) is 10.3 Å². The van der Waals surface area contributed by atoms with E-state index in [1.165, 1.54) is 24.3 Å². The summed E-state index contributed by atoms with van der Waals surface area (Å²) in [6.45, 7) is 1.87. The Morgan fingerprint density at radius 3 is 2.67 bits per heavy atom. The summed E-state index contributed by atoms with van der Waals surface area (Å²) >= 11 is 6.00. The standard InChI is InChI=1S/C21H14ClFN2O2/c1-12-16(21-25-18-11-14(22)7-10-19(18)27-21)3-2-4-17(12)24-20(26)13-5-8-15(23)9-6-13/h2-11H,1H3,(H,24,26). The van der Waals surface area contributed by atoms with Crippen LogP contribution in [0.15, 0.2) is 65.1 Å². The number of nitrogens with zero attached hydrogens (tertiary/aromatic N) is 1. The van der Waals surface area contributed by atoms with E-state index in [1.807, 2.05) is 19.1 Å². The van der Waals surface area contributed by atoms with Gasteiger partial charge in [0, 0.05) is 21.8 Å². The molecule has 0 aliphatic heterocycles. The molecule has 1 heterocycles. The molecule has 0 fully saturated rings. The van der Waals surface area contributed by atoms with Crippen LogP contribution in [0.1, 0.15) is 15.9 Å². The lowest BCUT2D eigenvalue weighted by atomic mass is 10.1. The number of nitrogens with one attached hydrogen (secondary N) is 1. The molecular formula is C21H14ClFN2O2. The topological polar surface area (TPSA) is 55.1 Å². The van der Waals surface area contributed by atoms with Crippen LogP contribution in [0.5, 0.6) is 0 Å². The van der Waals surface area contributed by atoms with Gasteiger partial charge in [-0.05, 0) is 67.1 Å². The first-order chi connectivity index (χ1) is 13.0. The van der Waals surface area contributed by atoms with Crippen molar-refractivity contribution in [3.63, 3.8) is 0 Å². The summed E-state index contributed by atoms with van der Waals surface area (Å²) in [5.41, 5.74) is 3.87. The smallest absolute Gasteiger partial charge is 0.255 e. The molecule has 0 bridgehead atoms. The first kappa shape index (κ1) is 17.2. The first-order valence-corrected chi connectivity index (χ1v) is 8.62. The quantitative estimate of drug-likeness (QED) is 0.485. The van der Waals surface area contributed by atoms with Gasteiger partial charge in [0.1, 0.15) is 11.3 Å². The number of hydrogen-bond donors (Lipinski definition) is 1. The number of anilines is 1. The summed E-state index contributed by atoms with van der Waals surface area (Å²) in [5.74, 6) is -0.261. The van der Waals surface area contributed by atoms with E-state index in [0.29, 0.717) is 33.3 Å². The largest absolute Gasteiger partial charge is 0.436 e. The maximum absolute atomic E-state index is 13.0. The normalized spacial score (nSPS) is 10.9. The summed E-state index contributed by atoms with van der Waals surface area (Å²) in [4.78, 5) is 16.9. The Morgan fingerprint density at radius 2 is 1.89 bits per heavy atom. The maximum Gasteiger partial charge on any atom is 0.255 e. The van der Waals surface area contributed by atoms with Crippen LogP contribution >= 0.6 is 11.6 Å². The number of benzene rings is 3. The molecule has 1 N–H and O–H groups in total. The fourth-order valence-corrected chi connectivity index (χ4v) is 2.98. The van der Waals surface area contributed by atoms with E-state index < -0.39 is 0 Å². The molecule has 1 amide bonds. The van der Waals surface area contributed by atoms with Crippen molar-refractivity contribution >= 4 is 34.3 Å². The molecule has 0 aliphatic rings. The van der Waals surface area contributed by atoms with Gasteiger partial charge in [0.15, 0.2) is 5.58 Å². The molecule has 4 rings (SSSR count). The van der Waals surface area contributed by atoms with Crippen molar-refractivity contribution in [3.8, 4) is 11.5 Å². The molecule has 0 aliphatic carbocycles. The predicted octanol–water partition coefficient (Wildman–Crippen LogP) is 5.85. The second-order valence-corrected chi connectivity index (χ2v) is 6.51. The zero-order valence-corrected chi connectivity index (χ0v) is 15.0. The number of fused-ring (bicyclic) bond motifs is 1. The molecule has 1 aromatic heterocycles. The van der Waals surface area contributed by atoms with Crippen LogP contribution in [0.2, 0.25) is 5.02 Å². The molecular weight excluding hydrogens is 367 g/mol. The van der Waals surface area contributed by atoms with Crippen LogP contribution in [-0.2, 0) is 0 Å². The summed E-state index contributed by atoms with van der Waals surface area (Å²) < 4.78 is 18.9. The lowest BCUT2D eigenvalue weighted by Crippen LogP contribution is -2.13.